The predicted octanol–water partition coefficient (Wildman–Crippen LogP) is 2.84. The SMILES string of the molecule is COc1ccc([C@@H](c2ccco2)N2CCNCC2)c(F)c1.Cl. The molecule has 1 aliphatic rings. The highest BCUT2D eigenvalue weighted by Gasteiger charge is 2.28. The number of methoxy groups -OCH3 is 1. The molecule has 0 saturated carbocycles. The highest BCUT2D eigenvalue weighted by atomic mass is 35.5. The lowest BCUT2D eigenvalue weighted by molar-refractivity contribution is 0.177. The van der Waals surface area contributed by atoms with Crippen molar-refractivity contribution >= 4 is 12.4 Å². The van der Waals surface area contributed by atoms with Crippen LogP contribution in [-0.4, -0.2) is 38.2 Å². The lowest BCUT2D eigenvalue weighted by Crippen LogP contribution is -2.45. The summed E-state index contributed by atoms with van der Waals surface area (Å²) in [5.74, 6) is 1.02. The number of nitrogens with one attached hydrogen (secondary N) is 1. The third-order valence-electron chi connectivity index (χ3n) is 3.83. The van der Waals surface area contributed by atoms with E-state index in [2.05, 4.69) is 10.2 Å². The zero-order valence-corrected chi connectivity index (χ0v) is 13.2. The molecular formula is C16H20ClFN2O2. The van der Waals surface area contributed by atoms with Gasteiger partial charge in [-0.05, 0) is 18.2 Å². The van der Waals surface area contributed by atoms with Crippen molar-refractivity contribution in [3.63, 3.8) is 0 Å². The van der Waals surface area contributed by atoms with Crippen LogP contribution in [0.1, 0.15) is 17.4 Å². The Kier molecular flexibility index (Phi) is 5.83. The predicted molar refractivity (Wildman–Crippen MR) is 85.2 cm³/mol. The number of ether oxygens (including phenoxy) is 1. The highest BCUT2D eigenvalue weighted by Crippen LogP contribution is 2.32. The number of furan rings is 1. The van der Waals surface area contributed by atoms with Gasteiger partial charge in [-0.15, -0.1) is 12.4 Å². The number of rotatable bonds is 4. The van der Waals surface area contributed by atoms with Crippen LogP contribution in [0.5, 0.6) is 5.75 Å². The zero-order valence-electron chi connectivity index (χ0n) is 12.4. The van der Waals surface area contributed by atoms with Crippen LogP contribution >= 0.6 is 12.4 Å². The van der Waals surface area contributed by atoms with Crippen molar-refractivity contribution in [3.05, 3.63) is 53.7 Å². The molecule has 1 aliphatic heterocycles. The van der Waals surface area contributed by atoms with E-state index in [-0.39, 0.29) is 24.3 Å². The van der Waals surface area contributed by atoms with Crippen molar-refractivity contribution in [2.75, 3.05) is 33.3 Å². The largest absolute Gasteiger partial charge is 0.497 e. The summed E-state index contributed by atoms with van der Waals surface area (Å²) in [4.78, 5) is 2.24. The molecule has 22 heavy (non-hydrogen) atoms. The molecule has 2 aromatic rings. The average Bonchev–Trinajstić information content (AvgIpc) is 3.04. The molecule has 1 N–H and O–H groups in total. The van der Waals surface area contributed by atoms with Crippen LogP contribution in [0.25, 0.3) is 0 Å². The Morgan fingerprint density at radius 2 is 2.05 bits per heavy atom. The van der Waals surface area contributed by atoms with Crippen molar-refractivity contribution in [3.8, 4) is 5.75 Å². The van der Waals surface area contributed by atoms with Gasteiger partial charge in [-0.25, -0.2) is 4.39 Å². The molecule has 1 aromatic heterocycles. The first-order valence-electron chi connectivity index (χ1n) is 7.11. The monoisotopic (exact) mass is 326 g/mol. The number of hydrogen-bond donors (Lipinski definition) is 1. The first kappa shape index (κ1) is 16.8. The molecule has 0 spiro atoms. The summed E-state index contributed by atoms with van der Waals surface area (Å²) in [6.07, 6.45) is 1.63. The van der Waals surface area contributed by atoms with Gasteiger partial charge in [0, 0.05) is 37.8 Å². The summed E-state index contributed by atoms with van der Waals surface area (Å²) < 4.78 is 25.1. The Hall–Kier alpha value is -1.56. The second-order valence-corrected chi connectivity index (χ2v) is 5.09. The Labute approximate surface area is 135 Å². The number of hydrogen-bond acceptors (Lipinski definition) is 4. The van der Waals surface area contributed by atoms with Crippen LogP contribution in [0.15, 0.2) is 41.0 Å². The maximum absolute atomic E-state index is 14.5. The van der Waals surface area contributed by atoms with Crippen molar-refractivity contribution < 1.29 is 13.5 Å². The fourth-order valence-corrected chi connectivity index (χ4v) is 2.77. The summed E-state index contributed by atoms with van der Waals surface area (Å²) in [7, 11) is 1.54. The topological polar surface area (TPSA) is 37.6 Å². The van der Waals surface area contributed by atoms with Gasteiger partial charge in [-0.3, -0.25) is 4.90 Å². The van der Waals surface area contributed by atoms with Gasteiger partial charge in [0.05, 0.1) is 19.4 Å². The van der Waals surface area contributed by atoms with Crippen LogP contribution in [0.3, 0.4) is 0 Å². The second kappa shape index (κ2) is 7.63. The summed E-state index contributed by atoms with van der Waals surface area (Å²) >= 11 is 0. The number of nitrogens with zero attached hydrogens (tertiary/aromatic N) is 1. The Bertz CT molecular complexity index is 586. The van der Waals surface area contributed by atoms with E-state index in [0.717, 1.165) is 31.9 Å². The van der Waals surface area contributed by atoms with E-state index in [1.54, 1.807) is 18.4 Å². The van der Waals surface area contributed by atoms with Crippen molar-refractivity contribution in [1.82, 2.24) is 10.2 Å². The van der Waals surface area contributed by atoms with Gasteiger partial charge >= 0.3 is 0 Å². The molecule has 1 atom stereocenters. The second-order valence-electron chi connectivity index (χ2n) is 5.09. The Morgan fingerprint density at radius 1 is 1.27 bits per heavy atom. The molecule has 1 saturated heterocycles. The van der Waals surface area contributed by atoms with E-state index in [1.807, 2.05) is 12.1 Å². The fourth-order valence-electron chi connectivity index (χ4n) is 2.77. The minimum absolute atomic E-state index is 0. The van der Waals surface area contributed by atoms with Crippen molar-refractivity contribution in [2.45, 2.75) is 6.04 Å². The van der Waals surface area contributed by atoms with Crippen LogP contribution in [0, 0.1) is 5.82 Å². The van der Waals surface area contributed by atoms with E-state index in [4.69, 9.17) is 9.15 Å². The third kappa shape index (κ3) is 3.43. The molecule has 3 rings (SSSR count). The molecule has 120 valence electrons. The van der Waals surface area contributed by atoms with Gasteiger partial charge < -0.3 is 14.5 Å². The van der Waals surface area contributed by atoms with Crippen LogP contribution in [0.4, 0.5) is 4.39 Å². The average molecular weight is 327 g/mol. The van der Waals surface area contributed by atoms with E-state index in [9.17, 15) is 4.39 Å². The van der Waals surface area contributed by atoms with Crippen LogP contribution in [-0.2, 0) is 0 Å². The van der Waals surface area contributed by atoms with Gasteiger partial charge in [0.15, 0.2) is 0 Å². The van der Waals surface area contributed by atoms with Gasteiger partial charge in [-0.1, -0.05) is 6.07 Å². The van der Waals surface area contributed by atoms with Crippen LogP contribution < -0.4 is 10.1 Å². The number of piperazine rings is 1. The molecule has 4 nitrogen and oxygen atoms in total. The van der Waals surface area contributed by atoms with E-state index in [1.165, 1.54) is 13.2 Å². The van der Waals surface area contributed by atoms with E-state index >= 15 is 0 Å². The minimum atomic E-state index is -0.269. The van der Waals surface area contributed by atoms with Gasteiger partial charge in [0.25, 0.3) is 0 Å². The molecular weight excluding hydrogens is 307 g/mol. The molecule has 0 aliphatic carbocycles. The zero-order chi connectivity index (χ0) is 14.7. The molecule has 0 unspecified atom stereocenters. The smallest absolute Gasteiger partial charge is 0.132 e. The minimum Gasteiger partial charge on any atom is -0.497 e. The lowest BCUT2D eigenvalue weighted by atomic mass is 10.0. The third-order valence-corrected chi connectivity index (χ3v) is 3.83. The van der Waals surface area contributed by atoms with Crippen molar-refractivity contribution in [1.29, 1.82) is 0 Å². The molecule has 0 radical (unpaired) electrons. The van der Waals surface area contributed by atoms with Crippen LogP contribution in [0.2, 0.25) is 0 Å². The van der Waals surface area contributed by atoms with E-state index < -0.39 is 0 Å². The normalized spacial score (nSPS) is 16.8. The number of halogens is 2. The van der Waals surface area contributed by atoms with E-state index in [0.29, 0.717) is 11.3 Å². The summed E-state index contributed by atoms with van der Waals surface area (Å²) in [5, 5.41) is 3.31. The fraction of sp³-hybridized carbons (Fsp3) is 0.375. The number of benzene rings is 1. The quantitative estimate of drug-likeness (QED) is 0.937. The molecule has 6 heteroatoms. The first-order chi connectivity index (χ1) is 10.3. The van der Waals surface area contributed by atoms with Crippen molar-refractivity contribution in [2.24, 2.45) is 0 Å². The summed E-state index contributed by atoms with van der Waals surface area (Å²) in [5.41, 5.74) is 0.618. The molecule has 0 bridgehead atoms. The van der Waals surface area contributed by atoms with Gasteiger partial charge in [0.1, 0.15) is 17.3 Å². The summed E-state index contributed by atoms with van der Waals surface area (Å²) in [6, 6.07) is 8.53. The highest BCUT2D eigenvalue weighted by molar-refractivity contribution is 5.85. The molecule has 1 fully saturated rings. The maximum atomic E-state index is 14.5. The standard InChI is InChI=1S/C16H19FN2O2.ClH/c1-20-12-4-5-13(14(17)11-12)16(15-3-2-10-21-15)19-8-6-18-7-9-19;/h2-5,10-11,16,18H,6-9H2,1H3;1H/t16-;/m0./s1. The Morgan fingerprint density at radius 3 is 2.64 bits per heavy atom. The lowest BCUT2D eigenvalue weighted by Gasteiger charge is -2.34. The van der Waals surface area contributed by atoms with Gasteiger partial charge in [0.2, 0.25) is 0 Å². The first-order valence-corrected chi connectivity index (χ1v) is 7.11. The molecule has 2 heterocycles. The Balaban J connectivity index is 0.00000176. The molecule has 0 amide bonds. The van der Waals surface area contributed by atoms with Gasteiger partial charge in [-0.2, -0.15) is 0 Å². The summed E-state index contributed by atoms with van der Waals surface area (Å²) in [6.45, 7) is 3.51. The maximum Gasteiger partial charge on any atom is 0.132 e. The molecule has 1 aromatic carbocycles.